The number of hydrogen-bond donors (Lipinski definition) is 1. The van der Waals surface area contributed by atoms with Gasteiger partial charge in [-0.15, -0.1) is 0 Å². The fourth-order valence-corrected chi connectivity index (χ4v) is 3.88. The lowest BCUT2D eigenvalue weighted by Gasteiger charge is -2.20. The number of carbonyl (C=O) groups excluding carboxylic acids is 1. The lowest BCUT2D eigenvalue weighted by Crippen LogP contribution is -2.38. The standard InChI is InChI=1S/C15H23N3O/c1-11-16-8-10-18(11)9-7-15(19)17-14-6-5-12-3-2-4-13(12)14/h8,10,12-14H,2-7,9H2,1H3,(H,17,19)/t12-,13-,14-/m1/s1. The molecule has 1 heterocycles. The van der Waals surface area contributed by atoms with Crippen LogP contribution in [0.15, 0.2) is 12.4 Å². The average molecular weight is 261 g/mol. The molecular formula is C15H23N3O. The Kier molecular flexibility index (Phi) is 3.58. The van der Waals surface area contributed by atoms with Gasteiger partial charge in [-0.2, -0.15) is 0 Å². The van der Waals surface area contributed by atoms with Crippen molar-refractivity contribution in [1.82, 2.24) is 14.9 Å². The Morgan fingerprint density at radius 3 is 3.11 bits per heavy atom. The predicted molar refractivity (Wildman–Crippen MR) is 73.6 cm³/mol. The van der Waals surface area contributed by atoms with E-state index in [2.05, 4.69) is 10.3 Å². The molecule has 3 atom stereocenters. The van der Waals surface area contributed by atoms with Gasteiger partial charge in [0.15, 0.2) is 0 Å². The Morgan fingerprint density at radius 2 is 2.32 bits per heavy atom. The van der Waals surface area contributed by atoms with E-state index in [4.69, 9.17) is 0 Å². The van der Waals surface area contributed by atoms with E-state index >= 15 is 0 Å². The molecule has 4 heteroatoms. The summed E-state index contributed by atoms with van der Waals surface area (Å²) >= 11 is 0. The van der Waals surface area contributed by atoms with Gasteiger partial charge in [-0.1, -0.05) is 12.8 Å². The summed E-state index contributed by atoms with van der Waals surface area (Å²) in [5.41, 5.74) is 0. The first-order valence-corrected chi connectivity index (χ1v) is 7.51. The van der Waals surface area contributed by atoms with E-state index in [-0.39, 0.29) is 5.91 Å². The van der Waals surface area contributed by atoms with Gasteiger partial charge >= 0.3 is 0 Å². The number of carbonyl (C=O) groups is 1. The maximum Gasteiger partial charge on any atom is 0.222 e. The molecule has 2 aliphatic rings. The highest BCUT2D eigenvalue weighted by molar-refractivity contribution is 5.76. The highest BCUT2D eigenvalue weighted by atomic mass is 16.1. The minimum absolute atomic E-state index is 0.200. The first-order chi connectivity index (χ1) is 9.24. The second kappa shape index (κ2) is 5.35. The number of nitrogens with zero attached hydrogens (tertiary/aromatic N) is 2. The van der Waals surface area contributed by atoms with E-state index in [1.54, 1.807) is 6.20 Å². The lowest BCUT2D eigenvalue weighted by molar-refractivity contribution is -0.122. The number of amides is 1. The van der Waals surface area contributed by atoms with Crippen LogP contribution >= 0.6 is 0 Å². The molecule has 3 rings (SSSR count). The third-order valence-corrected chi connectivity index (χ3v) is 4.93. The molecule has 0 saturated heterocycles. The topological polar surface area (TPSA) is 46.9 Å². The van der Waals surface area contributed by atoms with Crippen molar-refractivity contribution in [2.75, 3.05) is 0 Å². The zero-order valence-electron chi connectivity index (χ0n) is 11.6. The molecule has 0 aliphatic heterocycles. The molecule has 19 heavy (non-hydrogen) atoms. The Hall–Kier alpha value is -1.32. The number of imidazole rings is 1. The van der Waals surface area contributed by atoms with Crippen LogP contribution in [0.2, 0.25) is 0 Å². The summed E-state index contributed by atoms with van der Waals surface area (Å²) in [5, 5.41) is 3.26. The molecule has 1 N–H and O–H groups in total. The Morgan fingerprint density at radius 1 is 1.42 bits per heavy atom. The number of aromatic nitrogens is 2. The second-order valence-electron chi connectivity index (χ2n) is 6.02. The molecular weight excluding hydrogens is 238 g/mol. The summed E-state index contributed by atoms with van der Waals surface area (Å²) in [6.45, 7) is 2.70. The van der Waals surface area contributed by atoms with Crippen LogP contribution in [0.3, 0.4) is 0 Å². The van der Waals surface area contributed by atoms with Gasteiger partial charge in [0.05, 0.1) is 0 Å². The van der Waals surface area contributed by atoms with E-state index in [0.29, 0.717) is 12.5 Å². The van der Waals surface area contributed by atoms with Gasteiger partial charge in [-0.3, -0.25) is 4.79 Å². The quantitative estimate of drug-likeness (QED) is 0.904. The molecule has 0 unspecified atom stereocenters. The molecule has 1 amide bonds. The normalized spacial score (nSPS) is 29.4. The van der Waals surface area contributed by atoms with Crippen molar-refractivity contribution >= 4 is 5.91 Å². The molecule has 0 spiro atoms. The summed E-state index contributed by atoms with van der Waals surface area (Å²) < 4.78 is 2.03. The molecule has 0 bridgehead atoms. The van der Waals surface area contributed by atoms with Gasteiger partial charge in [-0.05, 0) is 38.0 Å². The summed E-state index contributed by atoms with van der Waals surface area (Å²) in [7, 11) is 0. The monoisotopic (exact) mass is 261 g/mol. The lowest BCUT2D eigenvalue weighted by atomic mass is 9.97. The zero-order chi connectivity index (χ0) is 13.2. The largest absolute Gasteiger partial charge is 0.353 e. The number of fused-ring (bicyclic) bond motifs is 1. The summed E-state index contributed by atoms with van der Waals surface area (Å²) in [5.74, 6) is 2.83. The van der Waals surface area contributed by atoms with Crippen molar-refractivity contribution in [2.24, 2.45) is 11.8 Å². The molecule has 1 aromatic rings. The highest BCUT2D eigenvalue weighted by Gasteiger charge is 2.39. The molecule has 2 aliphatic carbocycles. The van der Waals surface area contributed by atoms with E-state index in [1.807, 2.05) is 17.7 Å². The number of hydrogen-bond acceptors (Lipinski definition) is 2. The minimum Gasteiger partial charge on any atom is -0.353 e. The van der Waals surface area contributed by atoms with Crippen LogP contribution in [0.5, 0.6) is 0 Å². The second-order valence-corrected chi connectivity index (χ2v) is 6.02. The van der Waals surface area contributed by atoms with E-state index < -0.39 is 0 Å². The first kappa shape index (κ1) is 12.7. The third-order valence-electron chi connectivity index (χ3n) is 4.93. The molecule has 2 saturated carbocycles. The van der Waals surface area contributed by atoms with Gasteiger partial charge < -0.3 is 9.88 Å². The molecule has 104 valence electrons. The van der Waals surface area contributed by atoms with Gasteiger partial charge in [-0.25, -0.2) is 4.98 Å². The van der Waals surface area contributed by atoms with Crippen molar-refractivity contribution in [3.63, 3.8) is 0 Å². The van der Waals surface area contributed by atoms with Crippen molar-refractivity contribution in [1.29, 1.82) is 0 Å². The summed E-state index contributed by atoms with van der Waals surface area (Å²) in [4.78, 5) is 16.2. The number of rotatable bonds is 4. The smallest absolute Gasteiger partial charge is 0.222 e. The van der Waals surface area contributed by atoms with Crippen LogP contribution in [0.1, 0.15) is 44.3 Å². The maximum absolute atomic E-state index is 12.0. The summed E-state index contributed by atoms with van der Waals surface area (Å²) in [6, 6.07) is 0.448. The summed E-state index contributed by atoms with van der Waals surface area (Å²) in [6.07, 6.45) is 10.8. The Balaban J connectivity index is 1.48. The van der Waals surface area contributed by atoms with Crippen LogP contribution in [0.25, 0.3) is 0 Å². The van der Waals surface area contributed by atoms with E-state index in [1.165, 1.54) is 32.1 Å². The van der Waals surface area contributed by atoms with Gasteiger partial charge in [0, 0.05) is 31.4 Å². The zero-order valence-corrected chi connectivity index (χ0v) is 11.6. The third kappa shape index (κ3) is 2.67. The minimum atomic E-state index is 0.200. The Bertz CT molecular complexity index is 454. The van der Waals surface area contributed by atoms with Gasteiger partial charge in [0.1, 0.15) is 5.82 Å². The SMILES string of the molecule is Cc1nccn1CCC(=O)N[C@@H]1CC[C@H]2CCC[C@H]21. The van der Waals surface area contributed by atoms with Crippen molar-refractivity contribution in [3.8, 4) is 0 Å². The van der Waals surface area contributed by atoms with Crippen LogP contribution in [0.4, 0.5) is 0 Å². The molecule has 0 radical (unpaired) electrons. The molecule has 1 aromatic heterocycles. The van der Waals surface area contributed by atoms with Crippen LogP contribution in [-0.4, -0.2) is 21.5 Å². The maximum atomic E-state index is 12.0. The molecule has 4 nitrogen and oxygen atoms in total. The Labute approximate surface area is 114 Å². The van der Waals surface area contributed by atoms with Gasteiger partial charge in [0.2, 0.25) is 5.91 Å². The van der Waals surface area contributed by atoms with E-state index in [0.717, 1.165) is 24.2 Å². The number of nitrogens with one attached hydrogen (secondary N) is 1. The molecule has 2 fully saturated rings. The van der Waals surface area contributed by atoms with Crippen LogP contribution < -0.4 is 5.32 Å². The fraction of sp³-hybridized carbons (Fsp3) is 0.733. The average Bonchev–Trinajstić information content (AvgIpc) is 3.06. The molecule has 0 aromatic carbocycles. The predicted octanol–water partition coefficient (Wildman–Crippen LogP) is 2.28. The van der Waals surface area contributed by atoms with Crippen molar-refractivity contribution in [3.05, 3.63) is 18.2 Å². The van der Waals surface area contributed by atoms with Crippen LogP contribution in [0, 0.1) is 18.8 Å². The van der Waals surface area contributed by atoms with E-state index in [9.17, 15) is 4.79 Å². The fourth-order valence-electron chi connectivity index (χ4n) is 3.88. The van der Waals surface area contributed by atoms with Crippen LogP contribution in [-0.2, 0) is 11.3 Å². The van der Waals surface area contributed by atoms with Gasteiger partial charge in [0.25, 0.3) is 0 Å². The highest BCUT2D eigenvalue weighted by Crippen LogP contribution is 2.43. The van der Waals surface area contributed by atoms with Crippen molar-refractivity contribution < 1.29 is 4.79 Å². The van der Waals surface area contributed by atoms with Crippen molar-refractivity contribution in [2.45, 2.75) is 58.0 Å². The first-order valence-electron chi connectivity index (χ1n) is 7.51. The number of aryl methyl sites for hydroxylation is 2.